The Balaban J connectivity index is 2.85. The molecular formula is C10H13N3O. The lowest BCUT2D eigenvalue weighted by Gasteiger charge is -1.99. The van der Waals surface area contributed by atoms with Gasteiger partial charge in [0.15, 0.2) is 0 Å². The van der Waals surface area contributed by atoms with Gasteiger partial charge in [0.25, 0.3) is 0 Å². The van der Waals surface area contributed by atoms with E-state index in [1.807, 2.05) is 31.5 Å². The van der Waals surface area contributed by atoms with Crippen LogP contribution < -0.4 is 0 Å². The Hall–Kier alpha value is -1.42. The molecule has 2 aromatic heterocycles. The second-order valence-corrected chi connectivity index (χ2v) is 3.46. The van der Waals surface area contributed by atoms with E-state index in [4.69, 9.17) is 5.11 Å². The van der Waals surface area contributed by atoms with Gasteiger partial charge < -0.3 is 9.67 Å². The molecule has 2 heterocycles. The average molecular weight is 191 g/mol. The van der Waals surface area contributed by atoms with E-state index in [0.717, 1.165) is 22.4 Å². The first-order valence-corrected chi connectivity index (χ1v) is 4.54. The summed E-state index contributed by atoms with van der Waals surface area (Å²) in [6.45, 7) is 3.85. The highest BCUT2D eigenvalue weighted by Crippen LogP contribution is 2.18. The van der Waals surface area contributed by atoms with Gasteiger partial charge in [0.2, 0.25) is 0 Å². The minimum Gasteiger partial charge on any atom is -0.388 e. The molecule has 0 aliphatic rings. The summed E-state index contributed by atoms with van der Waals surface area (Å²) >= 11 is 0. The maximum absolute atomic E-state index is 9.08. The van der Waals surface area contributed by atoms with Crippen molar-refractivity contribution in [3.05, 3.63) is 23.3 Å². The predicted octanol–water partition coefficient (Wildman–Crippen LogP) is 1.08. The van der Waals surface area contributed by atoms with Gasteiger partial charge in [-0.1, -0.05) is 0 Å². The standard InChI is InChI=1S/C10H13N3O/c1-6-4-8-10(7(2)11-6)12-9(5-14)13(8)3/h4,14H,5H2,1-3H3. The third kappa shape index (κ3) is 1.19. The summed E-state index contributed by atoms with van der Waals surface area (Å²) < 4.78 is 1.90. The zero-order valence-electron chi connectivity index (χ0n) is 8.57. The van der Waals surface area contributed by atoms with Crippen molar-refractivity contribution in [2.45, 2.75) is 20.5 Å². The number of pyridine rings is 1. The lowest BCUT2D eigenvalue weighted by atomic mass is 10.3. The number of aryl methyl sites for hydroxylation is 3. The lowest BCUT2D eigenvalue weighted by molar-refractivity contribution is 0.268. The topological polar surface area (TPSA) is 50.9 Å². The van der Waals surface area contributed by atoms with Gasteiger partial charge in [-0.05, 0) is 19.9 Å². The average Bonchev–Trinajstić information content (AvgIpc) is 2.44. The molecule has 0 aliphatic carbocycles. The lowest BCUT2D eigenvalue weighted by Crippen LogP contribution is -1.96. The van der Waals surface area contributed by atoms with Crippen LogP contribution in [0.5, 0.6) is 0 Å². The molecule has 1 N–H and O–H groups in total. The van der Waals surface area contributed by atoms with Crippen molar-refractivity contribution in [1.82, 2.24) is 14.5 Å². The van der Waals surface area contributed by atoms with Crippen LogP contribution in [0.15, 0.2) is 6.07 Å². The second-order valence-electron chi connectivity index (χ2n) is 3.46. The first-order chi connectivity index (χ1) is 6.63. The number of nitrogens with zero attached hydrogens (tertiary/aromatic N) is 3. The Morgan fingerprint density at radius 3 is 2.71 bits per heavy atom. The number of aromatic nitrogens is 3. The number of aliphatic hydroxyl groups excluding tert-OH is 1. The van der Waals surface area contributed by atoms with E-state index < -0.39 is 0 Å². The number of imidazole rings is 1. The molecule has 0 fully saturated rings. The molecule has 0 spiro atoms. The van der Waals surface area contributed by atoms with Crippen molar-refractivity contribution in [2.75, 3.05) is 0 Å². The summed E-state index contributed by atoms with van der Waals surface area (Å²) in [6, 6.07) is 1.98. The normalized spacial score (nSPS) is 11.1. The van der Waals surface area contributed by atoms with Gasteiger partial charge in [-0.2, -0.15) is 0 Å². The van der Waals surface area contributed by atoms with Gasteiger partial charge in [-0.25, -0.2) is 4.98 Å². The van der Waals surface area contributed by atoms with E-state index in [-0.39, 0.29) is 6.61 Å². The van der Waals surface area contributed by atoms with Gasteiger partial charge in [0.05, 0.1) is 11.2 Å². The van der Waals surface area contributed by atoms with Gasteiger partial charge in [0.1, 0.15) is 17.9 Å². The number of hydrogen-bond donors (Lipinski definition) is 1. The summed E-state index contributed by atoms with van der Waals surface area (Å²) in [6.07, 6.45) is 0. The molecule has 0 radical (unpaired) electrons. The van der Waals surface area contributed by atoms with Crippen LogP contribution in [0.3, 0.4) is 0 Å². The molecule has 4 heteroatoms. The smallest absolute Gasteiger partial charge is 0.135 e. The van der Waals surface area contributed by atoms with E-state index in [9.17, 15) is 0 Å². The fourth-order valence-electron chi connectivity index (χ4n) is 1.68. The van der Waals surface area contributed by atoms with E-state index in [2.05, 4.69) is 9.97 Å². The molecule has 0 aliphatic heterocycles. The fourth-order valence-corrected chi connectivity index (χ4v) is 1.68. The van der Waals surface area contributed by atoms with Crippen LogP contribution in [-0.2, 0) is 13.7 Å². The van der Waals surface area contributed by atoms with Gasteiger partial charge in [-0.15, -0.1) is 0 Å². The first-order valence-electron chi connectivity index (χ1n) is 4.54. The Labute approximate surface area is 82.2 Å². The molecule has 0 atom stereocenters. The van der Waals surface area contributed by atoms with Crippen LogP contribution in [-0.4, -0.2) is 19.6 Å². The molecule has 14 heavy (non-hydrogen) atoms. The SMILES string of the molecule is Cc1cc2c(nc(CO)n2C)c(C)n1. The van der Waals surface area contributed by atoms with Crippen LogP contribution in [0.4, 0.5) is 0 Å². The molecular weight excluding hydrogens is 178 g/mol. The van der Waals surface area contributed by atoms with Gasteiger partial charge in [0, 0.05) is 12.7 Å². The molecule has 0 saturated carbocycles. The van der Waals surface area contributed by atoms with E-state index in [1.165, 1.54) is 0 Å². The summed E-state index contributed by atoms with van der Waals surface area (Å²) in [4.78, 5) is 8.65. The monoisotopic (exact) mass is 191 g/mol. The van der Waals surface area contributed by atoms with Crippen molar-refractivity contribution in [3.63, 3.8) is 0 Å². The Bertz CT molecular complexity index is 488. The van der Waals surface area contributed by atoms with E-state index >= 15 is 0 Å². The fraction of sp³-hybridized carbons (Fsp3) is 0.400. The van der Waals surface area contributed by atoms with Crippen LogP contribution in [0.25, 0.3) is 11.0 Å². The van der Waals surface area contributed by atoms with Crippen LogP contribution in [0, 0.1) is 13.8 Å². The molecule has 0 bridgehead atoms. The highest BCUT2D eigenvalue weighted by Gasteiger charge is 2.09. The summed E-state index contributed by atoms with van der Waals surface area (Å²) in [5, 5.41) is 9.08. The second kappa shape index (κ2) is 3.06. The zero-order chi connectivity index (χ0) is 10.3. The number of hydrogen-bond acceptors (Lipinski definition) is 3. The van der Waals surface area contributed by atoms with Crippen molar-refractivity contribution >= 4 is 11.0 Å². The molecule has 0 amide bonds. The Kier molecular flexibility index (Phi) is 2.00. The molecule has 0 aromatic carbocycles. The van der Waals surface area contributed by atoms with E-state index in [0.29, 0.717) is 5.82 Å². The largest absolute Gasteiger partial charge is 0.388 e. The first kappa shape index (κ1) is 9.15. The summed E-state index contributed by atoms with van der Waals surface area (Å²) in [5.41, 5.74) is 3.79. The van der Waals surface area contributed by atoms with Gasteiger partial charge in [-0.3, -0.25) is 4.98 Å². The summed E-state index contributed by atoms with van der Waals surface area (Å²) in [5.74, 6) is 0.676. The molecule has 0 saturated heterocycles. The van der Waals surface area contributed by atoms with Crippen molar-refractivity contribution in [1.29, 1.82) is 0 Å². The third-order valence-electron chi connectivity index (χ3n) is 2.41. The zero-order valence-corrected chi connectivity index (χ0v) is 8.57. The Morgan fingerprint density at radius 1 is 1.36 bits per heavy atom. The highest BCUT2D eigenvalue weighted by atomic mass is 16.3. The molecule has 74 valence electrons. The van der Waals surface area contributed by atoms with Crippen molar-refractivity contribution < 1.29 is 5.11 Å². The number of rotatable bonds is 1. The molecule has 4 nitrogen and oxygen atoms in total. The van der Waals surface area contributed by atoms with Gasteiger partial charge >= 0.3 is 0 Å². The highest BCUT2D eigenvalue weighted by molar-refractivity contribution is 5.78. The van der Waals surface area contributed by atoms with E-state index in [1.54, 1.807) is 0 Å². The minimum absolute atomic E-state index is 0.0380. The third-order valence-corrected chi connectivity index (χ3v) is 2.41. The number of aliphatic hydroxyl groups is 1. The number of fused-ring (bicyclic) bond motifs is 1. The molecule has 2 aromatic rings. The Morgan fingerprint density at radius 2 is 2.07 bits per heavy atom. The predicted molar refractivity (Wildman–Crippen MR) is 53.9 cm³/mol. The molecule has 2 rings (SSSR count). The summed E-state index contributed by atoms with van der Waals surface area (Å²) in [7, 11) is 1.90. The quantitative estimate of drug-likeness (QED) is 0.733. The van der Waals surface area contributed by atoms with Crippen molar-refractivity contribution in [3.8, 4) is 0 Å². The molecule has 0 unspecified atom stereocenters. The maximum Gasteiger partial charge on any atom is 0.135 e. The maximum atomic E-state index is 9.08. The van der Waals surface area contributed by atoms with Crippen LogP contribution in [0.2, 0.25) is 0 Å². The van der Waals surface area contributed by atoms with Crippen molar-refractivity contribution in [2.24, 2.45) is 7.05 Å². The van der Waals surface area contributed by atoms with Crippen LogP contribution >= 0.6 is 0 Å². The van der Waals surface area contributed by atoms with Crippen LogP contribution in [0.1, 0.15) is 17.2 Å². The minimum atomic E-state index is -0.0380.